The first-order valence-electron chi connectivity index (χ1n) is 11.3. The Kier molecular flexibility index (Phi) is 6.90. The molecule has 0 bridgehead atoms. The fraction of sp³-hybridized carbons (Fsp3) is 0.360. The van der Waals surface area contributed by atoms with Crippen LogP contribution in [0, 0.1) is 18.7 Å². The molecule has 0 fully saturated rings. The van der Waals surface area contributed by atoms with Gasteiger partial charge in [-0.15, -0.1) is 0 Å². The number of benzene rings is 1. The van der Waals surface area contributed by atoms with Gasteiger partial charge in [0.25, 0.3) is 12.0 Å². The van der Waals surface area contributed by atoms with Crippen LogP contribution in [0.15, 0.2) is 35.1 Å². The number of nitrogens with one attached hydrogen (secondary N) is 3. The molecule has 4 rings (SSSR count). The van der Waals surface area contributed by atoms with Gasteiger partial charge >= 0.3 is 0 Å². The maximum absolute atomic E-state index is 14.7. The van der Waals surface area contributed by atoms with Crippen LogP contribution >= 0.6 is 0 Å². The number of halogens is 3. The van der Waals surface area contributed by atoms with Crippen LogP contribution in [0.25, 0.3) is 16.6 Å². The third kappa shape index (κ3) is 4.91. The van der Waals surface area contributed by atoms with E-state index in [1.54, 1.807) is 27.0 Å². The number of nitrogens with zero attached hydrogens (tertiary/aromatic N) is 2. The summed E-state index contributed by atoms with van der Waals surface area (Å²) in [4.78, 5) is 36.3. The summed E-state index contributed by atoms with van der Waals surface area (Å²) in [7, 11) is 1.60. The van der Waals surface area contributed by atoms with Gasteiger partial charge < -0.3 is 15.6 Å². The molecule has 2 heterocycles. The molecule has 1 aliphatic rings. The molecule has 0 spiro atoms. The quantitative estimate of drug-likeness (QED) is 0.466. The van der Waals surface area contributed by atoms with Gasteiger partial charge in [0.2, 0.25) is 5.91 Å². The molecule has 0 aliphatic heterocycles. The monoisotopic (exact) mass is 485 g/mol. The second-order valence-corrected chi connectivity index (χ2v) is 8.63. The van der Waals surface area contributed by atoms with Crippen LogP contribution in [0.1, 0.15) is 61.2 Å². The fourth-order valence-electron chi connectivity index (χ4n) is 4.42. The van der Waals surface area contributed by atoms with E-state index in [1.807, 2.05) is 6.08 Å². The van der Waals surface area contributed by atoms with Gasteiger partial charge in [-0.2, -0.15) is 0 Å². The smallest absolute Gasteiger partial charge is 0.266 e. The zero-order valence-corrected chi connectivity index (χ0v) is 19.6. The number of allylic oxidation sites excluding steroid dienone is 2. The molecular formula is C25H26F3N5O2. The molecule has 1 amide bonds. The van der Waals surface area contributed by atoms with Crippen molar-refractivity contribution in [2.75, 3.05) is 12.4 Å². The summed E-state index contributed by atoms with van der Waals surface area (Å²) in [5.41, 5.74) is 0.681. The molecule has 7 nitrogen and oxygen atoms in total. The summed E-state index contributed by atoms with van der Waals surface area (Å²) in [6.45, 7) is 3.30. The van der Waals surface area contributed by atoms with E-state index in [-0.39, 0.29) is 22.9 Å². The van der Waals surface area contributed by atoms with Crippen molar-refractivity contribution in [1.29, 1.82) is 0 Å². The molecule has 2 atom stereocenters. The van der Waals surface area contributed by atoms with E-state index >= 15 is 0 Å². The Morgan fingerprint density at radius 1 is 1.23 bits per heavy atom. The second kappa shape index (κ2) is 9.89. The van der Waals surface area contributed by atoms with Crippen molar-refractivity contribution in [2.24, 2.45) is 5.92 Å². The minimum Gasteiger partial charge on any atom is -0.363 e. The molecular weight excluding hydrogens is 459 g/mol. The number of aryl methyl sites for hydroxylation is 1. The van der Waals surface area contributed by atoms with Crippen LogP contribution in [-0.4, -0.2) is 27.9 Å². The van der Waals surface area contributed by atoms with Gasteiger partial charge in [0.05, 0.1) is 17.0 Å². The van der Waals surface area contributed by atoms with Gasteiger partial charge in [-0.05, 0) is 44.7 Å². The standard InChI is InChI=1S/C25H26F3N5O2/c1-12(16-5-4-6-17(20(16)26)21(27)28)30-22-19-11-18(25(35)33-23(19)32-13(2)31-22)14-7-9-15(10-8-14)24(34)29-3/h4-7,11-12,15,21H,8-10H2,1-3H3,(H,29,34)(H2,30,31,32,33,35)/t12-,15?/m1/s1. The summed E-state index contributed by atoms with van der Waals surface area (Å²) in [5, 5.41) is 6.26. The third-order valence-corrected chi connectivity index (χ3v) is 6.31. The lowest BCUT2D eigenvalue weighted by Crippen LogP contribution is -2.28. The Morgan fingerprint density at radius 3 is 2.63 bits per heavy atom. The average Bonchev–Trinajstić information content (AvgIpc) is 2.83. The van der Waals surface area contributed by atoms with Gasteiger partial charge in [-0.3, -0.25) is 9.59 Å². The lowest BCUT2D eigenvalue weighted by atomic mass is 9.86. The molecule has 10 heteroatoms. The number of alkyl halides is 2. The van der Waals surface area contributed by atoms with Crippen molar-refractivity contribution >= 4 is 28.3 Å². The van der Waals surface area contributed by atoms with E-state index in [0.717, 1.165) is 11.6 Å². The zero-order valence-electron chi connectivity index (χ0n) is 19.6. The molecule has 3 aromatic rings. The van der Waals surface area contributed by atoms with E-state index in [0.29, 0.717) is 47.5 Å². The van der Waals surface area contributed by atoms with Crippen LogP contribution < -0.4 is 16.2 Å². The highest BCUT2D eigenvalue weighted by molar-refractivity contribution is 5.89. The summed E-state index contributed by atoms with van der Waals surface area (Å²) in [6.07, 6.45) is 0.678. The summed E-state index contributed by atoms with van der Waals surface area (Å²) in [6, 6.07) is 4.88. The largest absolute Gasteiger partial charge is 0.363 e. The molecule has 0 saturated carbocycles. The fourth-order valence-corrected chi connectivity index (χ4v) is 4.42. The van der Waals surface area contributed by atoms with Gasteiger partial charge in [0, 0.05) is 24.1 Å². The van der Waals surface area contributed by atoms with Gasteiger partial charge in [-0.25, -0.2) is 23.1 Å². The molecule has 0 saturated heterocycles. The SMILES string of the molecule is CNC(=O)C1CC=C(c2cc3c(N[C@H](C)c4cccc(C(F)F)c4F)nc(C)nc3[nH]c2=O)CC1. The van der Waals surface area contributed by atoms with Crippen LogP contribution in [-0.2, 0) is 4.79 Å². The van der Waals surface area contributed by atoms with Crippen molar-refractivity contribution in [1.82, 2.24) is 20.3 Å². The molecule has 1 aromatic carbocycles. The topological polar surface area (TPSA) is 99.8 Å². The Balaban J connectivity index is 1.72. The maximum Gasteiger partial charge on any atom is 0.266 e. The van der Waals surface area contributed by atoms with Gasteiger partial charge in [0.1, 0.15) is 23.1 Å². The Hall–Kier alpha value is -3.69. The molecule has 35 heavy (non-hydrogen) atoms. The number of rotatable bonds is 6. The Labute approximate surface area is 199 Å². The third-order valence-electron chi connectivity index (χ3n) is 6.31. The van der Waals surface area contributed by atoms with Crippen molar-refractivity contribution < 1.29 is 18.0 Å². The lowest BCUT2D eigenvalue weighted by Gasteiger charge is -2.21. The Bertz CT molecular complexity index is 1370. The van der Waals surface area contributed by atoms with Crippen LogP contribution in [0.4, 0.5) is 19.0 Å². The van der Waals surface area contributed by atoms with Gasteiger partial charge in [-0.1, -0.05) is 24.3 Å². The first-order valence-corrected chi connectivity index (χ1v) is 11.3. The highest BCUT2D eigenvalue weighted by Gasteiger charge is 2.24. The van der Waals surface area contributed by atoms with Gasteiger partial charge in [0.15, 0.2) is 0 Å². The molecule has 2 aromatic heterocycles. The number of H-pyrrole nitrogens is 1. The Morgan fingerprint density at radius 2 is 1.97 bits per heavy atom. The van der Waals surface area contributed by atoms with Crippen molar-refractivity contribution in [3.05, 3.63) is 69.0 Å². The first-order chi connectivity index (χ1) is 16.7. The molecule has 1 aliphatic carbocycles. The zero-order chi connectivity index (χ0) is 25.3. The molecule has 3 N–H and O–H groups in total. The van der Waals surface area contributed by atoms with E-state index in [1.165, 1.54) is 12.1 Å². The van der Waals surface area contributed by atoms with Crippen molar-refractivity contribution in [3.63, 3.8) is 0 Å². The van der Waals surface area contributed by atoms with Crippen molar-refractivity contribution in [3.8, 4) is 0 Å². The average molecular weight is 486 g/mol. The highest BCUT2D eigenvalue weighted by Crippen LogP contribution is 2.32. The van der Waals surface area contributed by atoms with Crippen LogP contribution in [0.2, 0.25) is 0 Å². The molecule has 0 radical (unpaired) electrons. The van der Waals surface area contributed by atoms with E-state index < -0.39 is 23.8 Å². The van der Waals surface area contributed by atoms with E-state index in [4.69, 9.17) is 0 Å². The number of pyridine rings is 1. The number of hydrogen-bond acceptors (Lipinski definition) is 5. The number of aromatic amines is 1. The number of amides is 1. The molecule has 184 valence electrons. The summed E-state index contributed by atoms with van der Waals surface area (Å²) in [5.74, 6) is -0.405. The molecule has 1 unspecified atom stereocenters. The number of aromatic nitrogens is 3. The maximum atomic E-state index is 14.7. The highest BCUT2D eigenvalue weighted by atomic mass is 19.3. The second-order valence-electron chi connectivity index (χ2n) is 8.63. The normalized spacial score (nSPS) is 16.8. The number of carbonyl (C=O) groups excluding carboxylic acids is 1. The minimum absolute atomic E-state index is 0.0276. The first kappa shape index (κ1) is 24.4. The predicted molar refractivity (Wildman–Crippen MR) is 128 cm³/mol. The van der Waals surface area contributed by atoms with Crippen LogP contribution in [0.5, 0.6) is 0 Å². The van der Waals surface area contributed by atoms with E-state index in [9.17, 15) is 22.8 Å². The van der Waals surface area contributed by atoms with Crippen LogP contribution in [0.3, 0.4) is 0 Å². The lowest BCUT2D eigenvalue weighted by molar-refractivity contribution is -0.124. The number of fused-ring (bicyclic) bond motifs is 1. The summed E-state index contributed by atoms with van der Waals surface area (Å²) >= 11 is 0. The summed E-state index contributed by atoms with van der Waals surface area (Å²) < 4.78 is 41.0. The van der Waals surface area contributed by atoms with E-state index in [2.05, 4.69) is 25.6 Å². The predicted octanol–water partition coefficient (Wildman–Crippen LogP) is 4.81. The number of carbonyl (C=O) groups is 1. The number of hydrogen-bond donors (Lipinski definition) is 3. The number of anilines is 1. The van der Waals surface area contributed by atoms with Crippen molar-refractivity contribution in [2.45, 2.75) is 45.6 Å². The minimum atomic E-state index is -2.93.